The third-order valence-corrected chi connectivity index (χ3v) is 7.40. The highest BCUT2D eigenvalue weighted by atomic mass is 32.1. The Labute approximate surface area is 196 Å². The van der Waals surface area contributed by atoms with Crippen LogP contribution in [0, 0.1) is 5.41 Å². The average Bonchev–Trinajstić information content (AvgIpc) is 3.45. The first-order valence-corrected chi connectivity index (χ1v) is 12.1. The van der Waals surface area contributed by atoms with E-state index in [9.17, 15) is 14.7 Å². The van der Waals surface area contributed by atoms with Gasteiger partial charge < -0.3 is 14.6 Å². The SMILES string of the molecule is CC1(C(=O)N(Cc2ccccc2)c2ccsc2)CCc2c(c3ccccc3n2CC(=O)O)C1. The Balaban J connectivity index is 1.52. The second-order valence-corrected chi connectivity index (χ2v) is 9.80. The number of anilines is 1. The summed E-state index contributed by atoms with van der Waals surface area (Å²) in [5.74, 6) is -0.736. The Morgan fingerprint density at radius 3 is 2.58 bits per heavy atom. The predicted molar refractivity (Wildman–Crippen MR) is 132 cm³/mol. The molecule has 2 heterocycles. The van der Waals surface area contributed by atoms with Gasteiger partial charge in [-0.3, -0.25) is 9.59 Å². The molecule has 0 bridgehead atoms. The molecular weight excluding hydrogens is 432 g/mol. The molecule has 2 aromatic carbocycles. The summed E-state index contributed by atoms with van der Waals surface area (Å²) in [6.45, 7) is 2.53. The highest BCUT2D eigenvalue weighted by Gasteiger charge is 2.42. The lowest BCUT2D eigenvalue weighted by Gasteiger charge is -2.37. The molecule has 1 aliphatic rings. The number of carbonyl (C=O) groups excluding carboxylic acids is 1. The third-order valence-electron chi connectivity index (χ3n) is 6.73. The third kappa shape index (κ3) is 3.95. The van der Waals surface area contributed by atoms with Crippen molar-refractivity contribution >= 4 is 39.8 Å². The number of rotatable bonds is 6. The van der Waals surface area contributed by atoms with E-state index in [1.165, 1.54) is 0 Å². The number of para-hydroxylation sites is 1. The number of carboxylic acids is 1. The molecule has 4 aromatic rings. The van der Waals surface area contributed by atoms with Gasteiger partial charge in [0.25, 0.3) is 0 Å². The summed E-state index contributed by atoms with van der Waals surface area (Å²) in [5.41, 5.74) is 4.54. The first-order valence-electron chi connectivity index (χ1n) is 11.2. The molecule has 5 nitrogen and oxygen atoms in total. The van der Waals surface area contributed by atoms with Crippen LogP contribution in [0.3, 0.4) is 0 Å². The number of amides is 1. The van der Waals surface area contributed by atoms with Crippen molar-refractivity contribution in [3.8, 4) is 0 Å². The second kappa shape index (κ2) is 8.52. The molecule has 1 amide bonds. The fraction of sp³-hybridized carbons (Fsp3) is 0.259. The summed E-state index contributed by atoms with van der Waals surface area (Å²) in [4.78, 5) is 27.5. The van der Waals surface area contributed by atoms with Crippen LogP contribution in [0.1, 0.15) is 30.2 Å². The summed E-state index contributed by atoms with van der Waals surface area (Å²) in [6.07, 6.45) is 1.97. The maximum atomic E-state index is 14.1. The van der Waals surface area contributed by atoms with Crippen molar-refractivity contribution in [3.63, 3.8) is 0 Å². The molecule has 5 rings (SSSR count). The molecule has 0 aliphatic heterocycles. The van der Waals surface area contributed by atoms with E-state index in [4.69, 9.17) is 0 Å². The summed E-state index contributed by atoms with van der Waals surface area (Å²) in [6, 6.07) is 20.0. The maximum absolute atomic E-state index is 14.1. The van der Waals surface area contributed by atoms with Crippen LogP contribution in [0.25, 0.3) is 10.9 Å². The molecular formula is C27H26N2O3S. The molecule has 168 valence electrons. The average molecular weight is 459 g/mol. The highest BCUT2D eigenvalue weighted by Crippen LogP contribution is 2.42. The minimum atomic E-state index is -0.852. The van der Waals surface area contributed by atoms with E-state index < -0.39 is 11.4 Å². The topological polar surface area (TPSA) is 62.5 Å². The molecule has 33 heavy (non-hydrogen) atoms. The van der Waals surface area contributed by atoms with Crippen molar-refractivity contribution in [2.45, 2.75) is 39.3 Å². The summed E-state index contributed by atoms with van der Waals surface area (Å²) >= 11 is 1.59. The van der Waals surface area contributed by atoms with Crippen molar-refractivity contribution in [2.75, 3.05) is 4.90 Å². The summed E-state index contributed by atoms with van der Waals surface area (Å²) in [7, 11) is 0. The molecule has 1 atom stereocenters. The van der Waals surface area contributed by atoms with E-state index in [2.05, 4.69) is 6.92 Å². The quantitative estimate of drug-likeness (QED) is 0.414. The Kier molecular flexibility index (Phi) is 5.54. The van der Waals surface area contributed by atoms with Crippen LogP contribution in [0.5, 0.6) is 0 Å². The van der Waals surface area contributed by atoms with Gasteiger partial charge in [-0.25, -0.2) is 0 Å². The molecule has 1 unspecified atom stereocenters. The van der Waals surface area contributed by atoms with Gasteiger partial charge >= 0.3 is 5.97 Å². The van der Waals surface area contributed by atoms with Crippen molar-refractivity contribution < 1.29 is 14.7 Å². The number of benzene rings is 2. The molecule has 2 aromatic heterocycles. The van der Waals surface area contributed by atoms with E-state index in [1.807, 2.05) is 80.9 Å². The van der Waals surface area contributed by atoms with E-state index in [0.29, 0.717) is 25.8 Å². The van der Waals surface area contributed by atoms with Crippen LogP contribution in [0.2, 0.25) is 0 Å². The first kappa shape index (κ1) is 21.5. The van der Waals surface area contributed by atoms with Gasteiger partial charge in [-0.15, -0.1) is 0 Å². The molecule has 0 saturated heterocycles. The van der Waals surface area contributed by atoms with Gasteiger partial charge in [0.2, 0.25) is 5.91 Å². The number of fused-ring (bicyclic) bond motifs is 3. The number of carboxylic acid groups (broad SMARTS) is 1. The molecule has 1 N–H and O–H groups in total. The van der Waals surface area contributed by atoms with Crippen molar-refractivity contribution in [3.05, 3.63) is 88.2 Å². The molecule has 0 saturated carbocycles. The summed E-state index contributed by atoms with van der Waals surface area (Å²) < 4.78 is 1.91. The van der Waals surface area contributed by atoms with Crippen molar-refractivity contribution in [2.24, 2.45) is 5.41 Å². The fourth-order valence-corrected chi connectivity index (χ4v) is 5.71. The number of thiophene rings is 1. The van der Waals surface area contributed by atoms with Crippen molar-refractivity contribution in [1.82, 2.24) is 4.57 Å². The number of aliphatic carboxylic acids is 1. The van der Waals surface area contributed by atoms with E-state index in [0.717, 1.165) is 33.4 Å². The number of hydrogen-bond donors (Lipinski definition) is 1. The van der Waals surface area contributed by atoms with Crippen LogP contribution in [0.15, 0.2) is 71.4 Å². The number of hydrogen-bond acceptors (Lipinski definition) is 3. The second-order valence-electron chi connectivity index (χ2n) is 9.02. The number of aromatic nitrogens is 1. The van der Waals surface area contributed by atoms with E-state index >= 15 is 0 Å². The van der Waals surface area contributed by atoms with Gasteiger partial charge in [0.1, 0.15) is 6.54 Å². The van der Waals surface area contributed by atoms with Gasteiger partial charge in [-0.1, -0.05) is 55.5 Å². The molecule has 0 spiro atoms. The molecule has 1 aliphatic carbocycles. The monoisotopic (exact) mass is 458 g/mol. The lowest BCUT2D eigenvalue weighted by atomic mass is 9.73. The first-order chi connectivity index (χ1) is 16.0. The Bertz CT molecular complexity index is 1310. The smallest absolute Gasteiger partial charge is 0.323 e. The zero-order valence-electron chi connectivity index (χ0n) is 18.5. The van der Waals surface area contributed by atoms with Crippen LogP contribution < -0.4 is 4.90 Å². The largest absolute Gasteiger partial charge is 0.480 e. The van der Waals surface area contributed by atoms with E-state index in [1.54, 1.807) is 11.3 Å². The zero-order chi connectivity index (χ0) is 23.0. The molecule has 6 heteroatoms. The zero-order valence-corrected chi connectivity index (χ0v) is 19.3. The van der Waals surface area contributed by atoms with Gasteiger partial charge in [-0.05, 0) is 47.9 Å². The van der Waals surface area contributed by atoms with Crippen LogP contribution in [-0.4, -0.2) is 21.6 Å². The Morgan fingerprint density at radius 1 is 1.09 bits per heavy atom. The minimum Gasteiger partial charge on any atom is -0.480 e. The highest BCUT2D eigenvalue weighted by molar-refractivity contribution is 7.08. The Morgan fingerprint density at radius 2 is 1.85 bits per heavy atom. The van der Waals surface area contributed by atoms with Crippen LogP contribution in [-0.2, 0) is 35.5 Å². The van der Waals surface area contributed by atoms with Gasteiger partial charge in [0.05, 0.1) is 17.6 Å². The number of carbonyl (C=O) groups is 2. The molecule has 0 fully saturated rings. The lowest BCUT2D eigenvalue weighted by molar-refractivity contribution is -0.137. The summed E-state index contributed by atoms with van der Waals surface area (Å²) in [5, 5.41) is 14.6. The van der Waals surface area contributed by atoms with Crippen LogP contribution in [0.4, 0.5) is 5.69 Å². The normalized spacial score (nSPS) is 17.6. The maximum Gasteiger partial charge on any atom is 0.323 e. The van der Waals surface area contributed by atoms with Gasteiger partial charge in [0.15, 0.2) is 0 Å². The molecule has 0 radical (unpaired) electrons. The Hall–Kier alpha value is -3.38. The predicted octanol–water partition coefficient (Wildman–Crippen LogP) is 5.52. The number of nitrogens with zero attached hydrogens (tertiary/aromatic N) is 2. The van der Waals surface area contributed by atoms with E-state index in [-0.39, 0.29) is 12.5 Å². The van der Waals surface area contributed by atoms with Gasteiger partial charge in [0, 0.05) is 22.0 Å². The fourth-order valence-electron chi connectivity index (χ4n) is 5.07. The standard InChI is InChI=1S/C27H26N2O3S/c1-27(26(32)28(20-12-14-33-18-20)16-19-7-3-2-4-8-19)13-11-24-22(15-27)21-9-5-6-10-23(21)29(24)17-25(30)31/h2-10,12,14,18H,11,13,15-17H2,1H3,(H,30,31). The van der Waals surface area contributed by atoms with Crippen LogP contribution >= 0.6 is 11.3 Å². The van der Waals surface area contributed by atoms with Gasteiger partial charge in [-0.2, -0.15) is 11.3 Å². The minimum absolute atomic E-state index is 0.0600. The van der Waals surface area contributed by atoms with Crippen molar-refractivity contribution in [1.29, 1.82) is 0 Å². The lowest BCUT2D eigenvalue weighted by Crippen LogP contribution is -2.45.